The summed E-state index contributed by atoms with van der Waals surface area (Å²) in [6.07, 6.45) is 1.68. The highest BCUT2D eigenvalue weighted by Gasteiger charge is 2.12. The Hall–Kier alpha value is -2.17. The highest BCUT2D eigenvalue weighted by molar-refractivity contribution is 6.07. The molecule has 1 radical (unpaired) electrons. The summed E-state index contributed by atoms with van der Waals surface area (Å²) in [4.78, 5) is 21.8. The molecule has 0 heterocycles. The third kappa shape index (κ3) is 2.40. The van der Waals surface area contributed by atoms with Gasteiger partial charge in [0.05, 0.1) is 11.3 Å². The number of anilines is 1. The number of Topliss-reactive ketones (excluding diaryl/α,β-unsaturated/α-hetero) is 1. The van der Waals surface area contributed by atoms with Crippen molar-refractivity contribution >= 4 is 23.7 Å². The molecule has 0 fully saturated rings. The smallest absolute Gasteiger partial charge is 0.235 e. The van der Waals surface area contributed by atoms with Gasteiger partial charge in [-0.15, -0.1) is 0 Å². The summed E-state index contributed by atoms with van der Waals surface area (Å²) >= 11 is 0. The molecule has 0 spiro atoms. The average molecular weight is 204 g/mol. The molecule has 5 nitrogen and oxygen atoms in total. The Balaban J connectivity index is 3.32. The molecule has 1 aromatic rings. The lowest BCUT2D eigenvalue weighted by molar-refractivity contribution is 0.101. The number of ketones is 1. The van der Waals surface area contributed by atoms with E-state index in [4.69, 9.17) is 11.1 Å². The minimum atomic E-state index is -0.333. The van der Waals surface area contributed by atoms with Gasteiger partial charge in [-0.25, -0.2) is 0 Å². The molecule has 4 N–H and O–H groups in total. The van der Waals surface area contributed by atoms with Gasteiger partial charge in [-0.3, -0.25) is 15.0 Å². The molecule has 5 heteroatoms. The van der Waals surface area contributed by atoms with Crippen molar-refractivity contribution in [2.75, 3.05) is 5.32 Å². The third-order valence-corrected chi connectivity index (χ3v) is 1.81. The molecule has 1 aromatic carbocycles. The molecular weight excluding hydrogens is 194 g/mol. The fraction of sp³-hybridized carbons (Fsp3) is 0.100. The number of guanidine groups is 1. The van der Waals surface area contributed by atoms with Gasteiger partial charge in [0.15, 0.2) is 11.7 Å². The molecule has 77 valence electrons. The van der Waals surface area contributed by atoms with E-state index < -0.39 is 0 Å². The number of para-hydroxylation sites is 1. The molecule has 0 atom stereocenters. The zero-order valence-corrected chi connectivity index (χ0v) is 8.13. The van der Waals surface area contributed by atoms with E-state index in [1.54, 1.807) is 18.4 Å². The van der Waals surface area contributed by atoms with Crippen molar-refractivity contribution < 1.29 is 9.59 Å². The van der Waals surface area contributed by atoms with E-state index in [1.165, 1.54) is 13.0 Å². The summed E-state index contributed by atoms with van der Waals surface area (Å²) in [6.45, 7) is 1.37. The van der Waals surface area contributed by atoms with E-state index in [0.29, 0.717) is 5.56 Å². The molecule has 0 saturated carbocycles. The molecule has 0 aliphatic carbocycles. The van der Waals surface area contributed by atoms with E-state index >= 15 is 0 Å². The summed E-state index contributed by atoms with van der Waals surface area (Å²) in [6, 6.07) is 4.61. The maximum atomic E-state index is 11.2. The summed E-state index contributed by atoms with van der Waals surface area (Å²) in [5.41, 5.74) is 5.87. The van der Waals surface area contributed by atoms with Gasteiger partial charge in [0.2, 0.25) is 6.29 Å². The third-order valence-electron chi connectivity index (χ3n) is 1.81. The van der Waals surface area contributed by atoms with Crippen LogP contribution < -0.4 is 11.1 Å². The summed E-state index contributed by atoms with van der Waals surface area (Å²) in [5.74, 6) is -0.545. The quantitative estimate of drug-likeness (QED) is 0.382. The second-order valence-corrected chi connectivity index (χ2v) is 2.93. The van der Waals surface area contributed by atoms with Crippen molar-refractivity contribution in [3.8, 4) is 0 Å². The van der Waals surface area contributed by atoms with Crippen LogP contribution in [0.2, 0.25) is 0 Å². The van der Waals surface area contributed by atoms with Crippen LogP contribution in [0, 0.1) is 5.41 Å². The van der Waals surface area contributed by atoms with Crippen molar-refractivity contribution in [2.45, 2.75) is 6.92 Å². The summed E-state index contributed by atoms with van der Waals surface area (Å²) in [5, 5.41) is 9.52. The first kappa shape index (κ1) is 10.9. The van der Waals surface area contributed by atoms with Gasteiger partial charge in [0.25, 0.3) is 0 Å². The van der Waals surface area contributed by atoms with E-state index in [2.05, 4.69) is 5.32 Å². The van der Waals surface area contributed by atoms with E-state index in [9.17, 15) is 9.59 Å². The van der Waals surface area contributed by atoms with Crippen LogP contribution in [0.5, 0.6) is 0 Å². The van der Waals surface area contributed by atoms with Crippen LogP contribution in [0.4, 0.5) is 5.69 Å². The number of rotatable bonds is 3. The number of nitrogens with two attached hydrogens (primary N) is 1. The lowest BCUT2D eigenvalue weighted by Gasteiger charge is -2.10. The minimum absolute atomic E-state index is 0.179. The number of hydrogen-bond donors (Lipinski definition) is 3. The van der Waals surface area contributed by atoms with Crippen molar-refractivity contribution in [1.82, 2.24) is 0 Å². The highest BCUT2D eigenvalue weighted by atomic mass is 16.1. The molecule has 0 aromatic heterocycles. The van der Waals surface area contributed by atoms with Crippen LogP contribution in [0.3, 0.4) is 0 Å². The lowest BCUT2D eigenvalue weighted by Crippen LogP contribution is -2.22. The van der Waals surface area contributed by atoms with E-state index in [-0.39, 0.29) is 23.0 Å². The topological polar surface area (TPSA) is 96.0 Å². The Morgan fingerprint density at radius 1 is 1.53 bits per heavy atom. The normalized spacial score (nSPS) is 9.40. The number of hydrogen-bond acceptors (Lipinski definition) is 3. The van der Waals surface area contributed by atoms with Gasteiger partial charge in [0, 0.05) is 5.56 Å². The van der Waals surface area contributed by atoms with E-state index in [1.807, 2.05) is 0 Å². The Bertz CT molecular complexity index is 427. The number of nitrogens with one attached hydrogen (secondary N) is 2. The van der Waals surface area contributed by atoms with Crippen LogP contribution in [0.25, 0.3) is 0 Å². The molecule has 0 aliphatic rings. The molecule has 15 heavy (non-hydrogen) atoms. The fourth-order valence-electron chi connectivity index (χ4n) is 1.20. The molecule has 1 rings (SSSR count). The van der Waals surface area contributed by atoms with Crippen LogP contribution in [-0.2, 0) is 4.79 Å². The first-order chi connectivity index (χ1) is 7.06. The van der Waals surface area contributed by atoms with Crippen molar-refractivity contribution in [1.29, 1.82) is 5.41 Å². The zero-order valence-electron chi connectivity index (χ0n) is 8.13. The Labute approximate surface area is 86.8 Å². The van der Waals surface area contributed by atoms with Crippen LogP contribution in [0.15, 0.2) is 18.2 Å². The molecule has 0 saturated heterocycles. The monoisotopic (exact) mass is 204 g/mol. The van der Waals surface area contributed by atoms with Crippen LogP contribution in [-0.4, -0.2) is 18.0 Å². The molecule has 0 aliphatic heterocycles. The largest absolute Gasteiger partial charge is 0.370 e. The fourth-order valence-corrected chi connectivity index (χ4v) is 1.20. The van der Waals surface area contributed by atoms with Gasteiger partial charge < -0.3 is 11.1 Å². The van der Waals surface area contributed by atoms with Gasteiger partial charge in [-0.05, 0) is 19.1 Å². The van der Waals surface area contributed by atoms with Crippen molar-refractivity contribution in [3.05, 3.63) is 29.3 Å². The number of carbonyl (C=O) groups excluding carboxylic acids is 2. The molecule has 0 bridgehead atoms. The first-order valence-corrected chi connectivity index (χ1v) is 4.19. The van der Waals surface area contributed by atoms with Gasteiger partial charge in [-0.2, -0.15) is 0 Å². The maximum Gasteiger partial charge on any atom is 0.235 e. The lowest BCUT2D eigenvalue weighted by atomic mass is 10.0. The predicted molar refractivity (Wildman–Crippen MR) is 56.8 cm³/mol. The highest BCUT2D eigenvalue weighted by Crippen LogP contribution is 2.19. The summed E-state index contributed by atoms with van der Waals surface area (Å²) < 4.78 is 0. The van der Waals surface area contributed by atoms with E-state index in [0.717, 1.165) is 0 Å². The van der Waals surface area contributed by atoms with Gasteiger partial charge >= 0.3 is 0 Å². The van der Waals surface area contributed by atoms with Crippen molar-refractivity contribution in [3.63, 3.8) is 0 Å². The second kappa shape index (κ2) is 4.36. The maximum absolute atomic E-state index is 11.2. The second-order valence-electron chi connectivity index (χ2n) is 2.93. The molecular formula is C10H10N3O2. The first-order valence-electron chi connectivity index (χ1n) is 4.19. The Morgan fingerprint density at radius 3 is 2.67 bits per heavy atom. The standard InChI is InChI=1S/C10H10N3O2/c1-6(15)8-4-2-3-7(5-14)9(8)13-10(11)12/h2-4H,1H3,(H4,11,12,13). The van der Waals surface area contributed by atoms with Crippen LogP contribution in [0.1, 0.15) is 22.8 Å². The van der Waals surface area contributed by atoms with Crippen molar-refractivity contribution in [2.24, 2.45) is 5.73 Å². The minimum Gasteiger partial charge on any atom is -0.370 e. The molecule has 0 amide bonds. The molecule has 0 unspecified atom stereocenters. The predicted octanol–water partition coefficient (Wildman–Crippen LogP) is 0.652. The number of benzene rings is 1. The van der Waals surface area contributed by atoms with Gasteiger partial charge in [-0.1, -0.05) is 6.07 Å². The van der Waals surface area contributed by atoms with Gasteiger partial charge in [0.1, 0.15) is 0 Å². The summed E-state index contributed by atoms with van der Waals surface area (Å²) in [7, 11) is 0. The Kier molecular flexibility index (Phi) is 3.17. The Morgan fingerprint density at radius 2 is 2.20 bits per heavy atom. The average Bonchev–Trinajstić information content (AvgIpc) is 2.16. The number of carbonyl (C=O) groups is 1. The SMILES string of the molecule is CC(=O)c1cccc([C]=O)c1NC(=N)N. The van der Waals surface area contributed by atoms with Crippen LogP contribution >= 0.6 is 0 Å². The zero-order chi connectivity index (χ0) is 11.4.